The standard InChI is InChI=1S/C16H16INO3/c17-14-7-4-8-15(11-14)20-10-9-18-16(19)21-12-13-5-2-1-3-6-13/h1-8,11H,9-10,12H2,(H,18,19). The van der Waals surface area contributed by atoms with Crippen LogP contribution in [0.3, 0.4) is 0 Å². The maximum absolute atomic E-state index is 11.5. The highest BCUT2D eigenvalue weighted by Gasteiger charge is 2.02. The van der Waals surface area contributed by atoms with Crippen molar-refractivity contribution >= 4 is 28.7 Å². The molecule has 4 nitrogen and oxygen atoms in total. The van der Waals surface area contributed by atoms with E-state index in [9.17, 15) is 4.79 Å². The van der Waals surface area contributed by atoms with Crippen LogP contribution in [0.1, 0.15) is 5.56 Å². The molecule has 0 aliphatic rings. The second kappa shape index (κ2) is 8.51. The van der Waals surface area contributed by atoms with Crippen molar-refractivity contribution < 1.29 is 14.3 Å². The van der Waals surface area contributed by atoms with Crippen molar-refractivity contribution in [1.82, 2.24) is 5.32 Å². The van der Waals surface area contributed by atoms with Crippen molar-refractivity contribution in [3.63, 3.8) is 0 Å². The lowest BCUT2D eigenvalue weighted by Gasteiger charge is -2.09. The third kappa shape index (κ3) is 6.03. The van der Waals surface area contributed by atoms with Crippen LogP contribution >= 0.6 is 22.6 Å². The highest BCUT2D eigenvalue weighted by atomic mass is 127. The van der Waals surface area contributed by atoms with Crippen LogP contribution in [0.2, 0.25) is 0 Å². The monoisotopic (exact) mass is 397 g/mol. The predicted molar refractivity (Wildman–Crippen MR) is 89.3 cm³/mol. The minimum absolute atomic E-state index is 0.268. The van der Waals surface area contributed by atoms with Crippen molar-refractivity contribution in [2.45, 2.75) is 6.61 Å². The molecule has 21 heavy (non-hydrogen) atoms. The third-order valence-corrected chi connectivity index (χ3v) is 3.32. The Morgan fingerprint density at radius 3 is 2.67 bits per heavy atom. The zero-order valence-electron chi connectivity index (χ0n) is 11.4. The molecule has 2 rings (SSSR count). The second-order valence-corrected chi connectivity index (χ2v) is 5.54. The van der Waals surface area contributed by atoms with Crippen LogP contribution in [0.25, 0.3) is 0 Å². The van der Waals surface area contributed by atoms with Gasteiger partial charge in [-0.15, -0.1) is 0 Å². The minimum atomic E-state index is -0.440. The summed E-state index contributed by atoms with van der Waals surface area (Å²) in [7, 11) is 0. The van der Waals surface area contributed by atoms with Crippen LogP contribution in [-0.4, -0.2) is 19.2 Å². The fraction of sp³-hybridized carbons (Fsp3) is 0.188. The number of carbonyl (C=O) groups is 1. The average molecular weight is 397 g/mol. The minimum Gasteiger partial charge on any atom is -0.492 e. The van der Waals surface area contributed by atoms with Crippen molar-refractivity contribution in [3.05, 3.63) is 63.7 Å². The first kappa shape index (κ1) is 15.6. The molecule has 0 unspecified atom stereocenters. The summed E-state index contributed by atoms with van der Waals surface area (Å²) in [5, 5.41) is 2.65. The Hall–Kier alpha value is -1.76. The van der Waals surface area contributed by atoms with Crippen molar-refractivity contribution in [3.8, 4) is 5.75 Å². The largest absolute Gasteiger partial charge is 0.492 e. The fourth-order valence-corrected chi connectivity index (χ4v) is 2.17. The lowest BCUT2D eigenvalue weighted by atomic mass is 10.2. The number of carbonyl (C=O) groups excluding carboxylic acids is 1. The van der Waals surface area contributed by atoms with Gasteiger partial charge in [0.1, 0.15) is 19.0 Å². The van der Waals surface area contributed by atoms with Crippen LogP contribution in [0.5, 0.6) is 5.75 Å². The molecule has 0 bridgehead atoms. The van der Waals surface area contributed by atoms with E-state index >= 15 is 0 Å². The zero-order chi connectivity index (χ0) is 14.9. The van der Waals surface area contributed by atoms with E-state index in [1.165, 1.54) is 0 Å². The molecular formula is C16H16INO3. The Morgan fingerprint density at radius 2 is 1.90 bits per heavy atom. The fourth-order valence-electron chi connectivity index (χ4n) is 1.65. The van der Waals surface area contributed by atoms with E-state index in [0.29, 0.717) is 13.2 Å². The third-order valence-electron chi connectivity index (χ3n) is 2.65. The second-order valence-electron chi connectivity index (χ2n) is 4.29. The van der Waals surface area contributed by atoms with Gasteiger partial charge in [-0.3, -0.25) is 0 Å². The summed E-state index contributed by atoms with van der Waals surface area (Å²) in [6.45, 7) is 1.07. The number of hydrogen-bond acceptors (Lipinski definition) is 3. The molecule has 0 saturated heterocycles. The van der Waals surface area contributed by atoms with Gasteiger partial charge in [-0.05, 0) is 46.4 Å². The molecule has 2 aromatic rings. The summed E-state index contributed by atoms with van der Waals surface area (Å²) < 4.78 is 11.7. The normalized spacial score (nSPS) is 9.95. The Labute approximate surface area is 137 Å². The van der Waals surface area contributed by atoms with Gasteiger partial charge >= 0.3 is 6.09 Å². The molecule has 1 N–H and O–H groups in total. The highest BCUT2D eigenvalue weighted by molar-refractivity contribution is 14.1. The summed E-state index contributed by atoms with van der Waals surface area (Å²) >= 11 is 2.22. The van der Waals surface area contributed by atoms with Crippen LogP contribution in [0, 0.1) is 3.57 Å². The van der Waals surface area contributed by atoms with E-state index in [-0.39, 0.29) is 6.61 Å². The van der Waals surface area contributed by atoms with Gasteiger partial charge < -0.3 is 14.8 Å². The molecule has 0 aliphatic heterocycles. The van der Waals surface area contributed by atoms with Gasteiger partial charge in [0.05, 0.1) is 6.54 Å². The maximum Gasteiger partial charge on any atom is 0.407 e. The van der Waals surface area contributed by atoms with E-state index in [1.54, 1.807) is 0 Å². The number of hydrogen-bond donors (Lipinski definition) is 1. The molecule has 1 amide bonds. The molecule has 0 fully saturated rings. The van der Waals surface area contributed by atoms with Crippen LogP contribution in [0.15, 0.2) is 54.6 Å². The molecule has 0 aliphatic carbocycles. The van der Waals surface area contributed by atoms with Crippen LogP contribution in [0.4, 0.5) is 4.79 Å². The molecule has 0 atom stereocenters. The lowest BCUT2D eigenvalue weighted by molar-refractivity contribution is 0.137. The van der Waals surface area contributed by atoms with Gasteiger partial charge in [0.25, 0.3) is 0 Å². The first-order valence-electron chi connectivity index (χ1n) is 6.57. The molecule has 2 aromatic carbocycles. The van der Waals surface area contributed by atoms with E-state index in [4.69, 9.17) is 9.47 Å². The van der Waals surface area contributed by atoms with E-state index in [1.807, 2.05) is 54.6 Å². The molecular weight excluding hydrogens is 381 g/mol. The summed E-state index contributed by atoms with van der Waals surface area (Å²) in [6.07, 6.45) is -0.440. The van der Waals surface area contributed by atoms with Crippen LogP contribution < -0.4 is 10.1 Å². The van der Waals surface area contributed by atoms with Gasteiger partial charge in [-0.1, -0.05) is 36.4 Å². The Morgan fingerprint density at radius 1 is 1.10 bits per heavy atom. The molecule has 5 heteroatoms. The molecule has 0 saturated carbocycles. The molecule has 110 valence electrons. The predicted octanol–water partition coefficient (Wildman–Crippen LogP) is 3.60. The van der Waals surface area contributed by atoms with E-state index in [0.717, 1.165) is 14.9 Å². The van der Waals surface area contributed by atoms with Gasteiger partial charge in [-0.2, -0.15) is 0 Å². The summed E-state index contributed by atoms with van der Waals surface area (Å²) in [6, 6.07) is 17.3. The Balaban J connectivity index is 1.61. The average Bonchev–Trinajstić information content (AvgIpc) is 2.51. The van der Waals surface area contributed by atoms with Gasteiger partial charge in [-0.25, -0.2) is 4.79 Å². The maximum atomic E-state index is 11.5. The van der Waals surface area contributed by atoms with Gasteiger partial charge in [0.2, 0.25) is 0 Å². The topological polar surface area (TPSA) is 47.6 Å². The smallest absolute Gasteiger partial charge is 0.407 e. The SMILES string of the molecule is O=C(NCCOc1cccc(I)c1)OCc1ccccc1. The molecule has 0 aromatic heterocycles. The molecule has 0 radical (unpaired) electrons. The number of nitrogens with one attached hydrogen (secondary N) is 1. The van der Waals surface area contributed by atoms with Gasteiger partial charge in [0.15, 0.2) is 0 Å². The van der Waals surface area contributed by atoms with E-state index in [2.05, 4.69) is 27.9 Å². The summed E-state index contributed by atoms with van der Waals surface area (Å²) in [5.74, 6) is 0.793. The molecule has 0 heterocycles. The molecule has 0 spiro atoms. The summed E-state index contributed by atoms with van der Waals surface area (Å²) in [4.78, 5) is 11.5. The Kier molecular flexibility index (Phi) is 6.33. The van der Waals surface area contributed by atoms with E-state index < -0.39 is 6.09 Å². The van der Waals surface area contributed by atoms with Crippen molar-refractivity contribution in [1.29, 1.82) is 0 Å². The van der Waals surface area contributed by atoms with Crippen molar-refractivity contribution in [2.75, 3.05) is 13.2 Å². The van der Waals surface area contributed by atoms with Crippen LogP contribution in [-0.2, 0) is 11.3 Å². The Bertz CT molecular complexity index is 575. The summed E-state index contributed by atoms with van der Waals surface area (Å²) in [5.41, 5.74) is 0.961. The first-order valence-corrected chi connectivity index (χ1v) is 7.65. The number of amides is 1. The highest BCUT2D eigenvalue weighted by Crippen LogP contribution is 2.14. The number of benzene rings is 2. The number of alkyl carbamates (subject to hydrolysis) is 1. The van der Waals surface area contributed by atoms with Gasteiger partial charge in [0, 0.05) is 3.57 Å². The number of rotatable bonds is 6. The quantitative estimate of drug-likeness (QED) is 0.599. The first-order chi connectivity index (χ1) is 10.2. The number of halogens is 1. The van der Waals surface area contributed by atoms with Crippen molar-refractivity contribution in [2.24, 2.45) is 0 Å². The zero-order valence-corrected chi connectivity index (χ0v) is 13.6. The number of ether oxygens (including phenoxy) is 2. The lowest BCUT2D eigenvalue weighted by Crippen LogP contribution is -2.28.